The van der Waals surface area contributed by atoms with Gasteiger partial charge in [0.25, 0.3) is 0 Å². The molecule has 1 heterocycles. The molecule has 6 nitrogen and oxygen atoms in total. The molecule has 0 spiro atoms. The summed E-state index contributed by atoms with van der Waals surface area (Å²) in [6.45, 7) is 2.43. The van der Waals surface area contributed by atoms with Crippen molar-refractivity contribution in [3.8, 4) is 0 Å². The molecular formula is C18H25N3O3. The molecule has 6 heteroatoms. The lowest BCUT2D eigenvalue weighted by Crippen LogP contribution is -2.53. The summed E-state index contributed by atoms with van der Waals surface area (Å²) in [6, 6.07) is 7.10. The molecule has 2 fully saturated rings. The van der Waals surface area contributed by atoms with E-state index in [1.54, 1.807) is 24.3 Å². The highest BCUT2D eigenvalue weighted by Crippen LogP contribution is 2.28. The number of carbonyl (C=O) groups is 2. The highest BCUT2D eigenvalue weighted by Gasteiger charge is 2.33. The third-order valence-electron chi connectivity index (χ3n) is 4.93. The minimum absolute atomic E-state index is 0.0133. The molecule has 2 atom stereocenters. The van der Waals surface area contributed by atoms with E-state index in [1.165, 1.54) is 19.3 Å². The van der Waals surface area contributed by atoms with Crippen LogP contribution >= 0.6 is 0 Å². The summed E-state index contributed by atoms with van der Waals surface area (Å²) >= 11 is 0. The lowest BCUT2D eigenvalue weighted by molar-refractivity contribution is -0.118. The molecule has 3 N–H and O–H groups in total. The van der Waals surface area contributed by atoms with Gasteiger partial charge in [-0.25, -0.2) is 0 Å². The quantitative estimate of drug-likeness (QED) is 0.861. The molecule has 1 saturated heterocycles. The van der Waals surface area contributed by atoms with Crippen molar-refractivity contribution < 1.29 is 14.3 Å². The zero-order chi connectivity index (χ0) is 16.9. The zero-order valence-corrected chi connectivity index (χ0v) is 13.9. The molecular weight excluding hydrogens is 306 g/mol. The van der Waals surface area contributed by atoms with Gasteiger partial charge in [-0.15, -0.1) is 0 Å². The maximum absolute atomic E-state index is 12.2. The Labute approximate surface area is 142 Å². The first-order valence-corrected chi connectivity index (χ1v) is 8.69. The van der Waals surface area contributed by atoms with Gasteiger partial charge < -0.3 is 15.8 Å². The van der Waals surface area contributed by atoms with E-state index in [-0.39, 0.29) is 5.91 Å². The Morgan fingerprint density at radius 3 is 2.71 bits per heavy atom. The smallest absolute Gasteiger partial charge is 0.248 e. The fourth-order valence-corrected chi connectivity index (χ4v) is 3.64. The van der Waals surface area contributed by atoms with Crippen LogP contribution in [0.25, 0.3) is 0 Å². The molecule has 0 bridgehead atoms. The van der Waals surface area contributed by atoms with Crippen LogP contribution in [-0.2, 0) is 9.53 Å². The zero-order valence-electron chi connectivity index (χ0n) is 13.9. The van der Waals surface area contributed by atoms with E-state index in [9.17, 15) is 9.59 Å². The SMILES string of the molecule is NC(=O)c1ccc(NC(=O)CCN2CCO[C@H]3CCCC[C@@H]32)cc1. The van der Waals surface area contributed by atoms with Gasteiger partial charge in [-0.2, -0.15) is 0 Å². The van der Waals surface area contributed by atoms with Gasteiger partial charge in [0.2, 0.25) is 11.8 Å². The van der Waals surface area contributed by atoms with Crippen molar-refractivity contribution in [1.29, 1.82) is 0 Å². The maximum atomic E-state index is 12.2. The second-order valence-corrected chi connectivity index (χ2v) is 6.54. The first-order valence-electron chi connectivity index (χ1n) is 8.69. The molecule has 2 amide bonds. The summed E-state index contributed by atoms with van der Waals surface area (Å²) in [7, 11) is 0. The standard InChI is InChI=1S/C18H25N3O3/c19-18(23)13-5-7-14(8-6-13)20-17(22)9-10-21-11-12-24-16-4-2-1-3-15(16)21/h5-8,15-16H,1-4,9-12H2,(H2,19,23)(H,20,22)/t15-,16-/m0/s1. The number of rotatable bonds is 5. The molecule has 130 valence electrons. The molecule has 0 unspecified atom stereocenters. The number of anilines is 1. The second-order valence-electron chi connectivity index (χ2n) is 6.54. The van der Waals surface area contributed by atoms with Crippen LogP contribution in [0.3, 0.4) is 0 Å². The highest BCUT2D eigenvalue weighted by atomic mass is 16.5. The molecule has 24 heavy (non-hydrogen) atoms. The third kappa shape index (κ3) is 4.13. The average molecular weight is 331 g/mol. The molecule has 0 aromatic heterocycles. The predicted octanol–water partition coefficient (Wildman–Crippen LogP) is 1.76. The van der Waals surface area contributed by atoms with Crippen LogP contribution in [0.2, 0.25) is 0 Å². The molecule has 0 radical (unpaired) electrons. The lowest BCUT2D eigenvalue weighted by Gasteiger charge is -2.43. The number of fused-ring (bicyclic) bond motifs is 1. The van der Waals surface area contributed by atoms with E-state index >= 15 is 0 Å². The van der Waals surface area contributed by atoms with Crippen LogP contribution in [0.5, 0.6) is 0 Å². The van der Waals surface area contributed by atoms with E-state index < -0.39 is 5.91 Å². The summed E-state index contributed by atoms with van der Waals surface area (Å²) in [5.74, 6) is -0.483. The van der Waals surface area contributed by atoms with Gasteiger partial charge >= 0.3 is 0 Å². The number of nitrogens with zero attached hydrogens (tertiary/aromatic N) is 1. The van der Waals surface area contributed by atoms with Crippen molar-refractivity contribution in [2.75, 3.05) is 25.0 Å². The van der Waals surface area contributed by atoms with Gasteiger partial charge in [0.15, 0.2) is 0 Å². The molecule has 2 aliphatic rings. The minimum Gasteiger partial charge on any atom is -0.375 e. The minimum atomic E-state index is -0.470. The van der Waals surface area contributed by atoms with Gasteiger partial charge in [-0.05, 0) is 37.1 Å². The topological polar surface area (TPSA) is 84.7 Å². The maximum Gasteiger partial charge on any atom is 0.248 e. The largest absolute Gasteiger partial charge is 0.375 e. The van der Waals surface area contributed by atoms with Crippen LogP contribution in [0.1, 0.15) is 42.5 Å². The number of carbonyl (C=O) groups excluding carboxylic acids is 2. The Balaban J connectivity index is 1.49. The fourth-order valence-electron chi connectivity index (χ4n) is 3.64. The van der Waals surface area contributed by atoms with Gasteiger partial charge in [0.1, 0.15) is 0 Å². The highest BCUT2D eigenvalue weighted by molar-refractivity contribution is 5.94. The van der Waals surface area contributed by atoms with Crippen LogP contribution in [0.4, 0.5) is 5.69 Å². The first kappa shape index (κ1) is 16.9. The Hall–Kier alpha value is -1.92. The number of nitrogens with one attached hydrogen (secondary N) is 1. The van der Waals surface area contributed by atoms with Crippen molar-refractivity contribution in [3.63, 3.8) is 0 Å². The van der Waals surface area contributed by atoms with E-state index in [1.807, 2.05) is 0 Å². The molecule has 1 aromatic rings. The lowest BCUT2D eigenvalue weighted by atomic mass is 9.90. The van der Waals surface area contributed by atoms with Crippen molar-refractivity contribution in [3.05, 3.63) is 29.8 Å². The van der Waals surface area contributed by atoms with Gasteiger partial charge in [0.05, 0.1) is 12.7 Å². The third-order valence-corrected chi connectivity index (χ3v) is 4.93. The van der Waals surface area contributed by atoms with E-state index in [4.69, 9.17) is 10.5 Å². The number of morpholine rings is 1. The number of nitrogens with two attached hydrogens (primary N) is 1. The van der Waals surface area contributed by atoms with E-state index in [0.717, 1.165) is 26.1 Å². The average Bonchev–Trinajstić information content (AvgIpc) is 2.60. The molecule has 1 aliphatic heterocycles. The van der Waals surface area contributed by atoms with Crippen molar-refractivity contribution in [1.82, 2.24) is 4.90 Å². The van der Waals surface area contributed by atoms with Crippen molar-refractivity contribution >= 4 is 17.5 Å². The predicted molar refractivity (Wildman–Crippen MR) is 91.8 cm³/mol. The Kier molecular flexibility index (Phi) is 5.48. The molecule has 3 rings (SSSR count). The van der Waals surface area contributed by atoms with Gasteiger partial charge in [-0.1, -0.05) is 12.8 Å². The van der Waals surface area contributed by atoms with E-state index in [0.29, 0.717) is 29.8 Å². The number of hydrogen-bond acceptors (Lipinski definition) is 4. The summed E-state index contributed by atoms with van der Waals surface area (Å²) in [4.78, 5) is 25.6. The van der Waals surface area contributed by atoms with Crippen molar-refractivity contribution in [2.45, 2.75) is 44.2 Å². The summed E-state index contributed by atoms with van der Waals surface area (Å²) in [5.41, 5.74) is 6.32. The molecule has 1 aromatic carbocycles. The van der Waals surface area contributed by atoms with Crippen LogP contribution in [0.15, 0.2) is 24.3 Å². The van der Waals surface area contributed by atoms with E-state index in [2.05, 4.69) is 10.2 Å². The van der Waals surface area contributed by atoms with Crippen molar-refractivity contribution in [2.24, 2.45) is 5.73 Å². The number of ether oxygens (including phenoxy) is 1. The Bertz CT molecular complexity index is 586. The summed E-state index contributed by atoms with van der Waals surface area (Å²) in [6.07, 6.45) is 5.61. The first-order chi connectivity index (χ1) is 11.6. The van der Waals surface area contributed by atoms with Gasteiger partial charge in [-0.3, -0.25) is 14.5 Å². The van der Waals surface area contributed by atoms with Gasteiger partial charge in [0, 0.05) is 36.8 Å². The van der Waals surface area contributed by atoms with Crippen LogP contribution in [-0.4, -0.2) is 48.6 Å². The summed E-state index contributed by atoms with van der Waals surface area (Å²) < 4.78 is 5.87. The number of primary amides is 1. The summed E-state index contributed by atoms with van der Waals surface area (Å²) in [5, 5.41) is 2.87. The fraction of sp³-hybridized carbons (Fsp3) is 0.556. The molecule has 1 aliphatic carbocycles. The number of amides is 2. The Morgan fingerprint density at radius 2 is 1.96 bits per heavy atom. The van der Waals surface area contributed by atoms with Crippen LogP contribution in [0, 0.1) is 0 Å². The second kappa shape index (κ2) is 7.77. The normalized spacial score (nSPS) is 24.2. The Morgan fingerprint density at radius 1 is 1.21 bits per heavy atom. The molecule has 1 saturated carbocycles. The monoisotopic (exact) mass is 331 g/mol. The van der Waals surface area contributed by atoms with Crippen LogP contribution < -0.4 is 11.1 Å². The number of hydrogen-bond donors (Lipinski definition) is 2. The number of benzene rings is 1.